The molecule has 2 aliphatic rings. The van der Waals surface area contributed by atoms with E-state index in [0.717, 1.165) is 44.0 Å². The minimum atomic E-state index is 0.118. The Bertz CT molecular complexity index is 2420. The third-order valence-electron chi connectivity index (χ3n) is 11.8. The van der Waals surface area contributed by atoms with Crippen molar-refractivity contribution in [2.75, 3.05) is 53.2 Å². The van der Waals surface area contributed by atoms with Gasteiger partial charge in [0.25, 0.3) is 0 Å². The summed E-state index contributed by atoms with van der Waals surface area (Å²) in [6, 6.07) is 48.6. The molecule has 0 bridgehead atoms. The lowest BCUT2D eigenvalue weighted by Crippen LogP contribution is -2.45. The first-order valence-corrected chi connectivity index (χ1v) is 20.1. The van der Waals surface area contributed by atoms with Crippen molar-refractivity contribution in [3.05, 3.63) is 145 Å². The summed E-state index contributed by atoms with van der Waals surface area (Å²) in [4.78, 5) is 0. The molecule has 0 atom stereocenters. The molecule has 6 heteroatoms. The Hall–Kier alpha value is -4.92. The van der Waals surface area contributed by atoms with Crippen LogP contribution >= 0.6 is 0 Å². The quantitative estimate of drug-likeness (QED) is 0.0556. The molecule has 0 unspecified atom stereocenters. The largest absolute Gasteiger partial charge is 0.380 e. The van der Waals surface area contributed by atoms with Gasteiger partial charge >= 0.3 is 0 Å². The van der Waals surface area contributed by atoms with Gasteiger partial charge < -0.3 is 28.4 Å². The summed E-state index contributed by atoms with van der Waals surface area (Å²) >= 11 is 0. The molecule has 57 heavy (non-hydrogen) atoms. The predicted octanol–water partition coefficient (Wildman–Crippen LogP) is 11.6. The molecule has 7 aromatic carbocycles. The van der Waals surface area contributed by atoms with Gasteiger partial charge in [0.15, 0.2) is 0 Å². The Balaban J connectivity index is 0.983. The first-order valence-electron chi connectivity index (χ1n) is 20.1. The zero-order chi connectivity index (χ0) is 38.7. The Labute approximate surface area is 335 Å². The average molecular weight is 759 g/mol. The van der Waals surface area contributed by atoms with Crippen LogP contribution < -0.4 is 0 Å². The summed E-state index contributed by atoms with van der Waals surface area (Å²) in [5, 5.41) is 7.39. The third-order valence-corrected chi connectivity index (χ3v) is 11.8. The van der Waals surface area contributed by atoms with E-state index in [1.165, 1.54) is 65.7 Å². The van der Waals surface area contributed by atoms with Crippen LogP contribution in [0.4, 0.5) is 0 Å². The molecule has 0 radical (unpaired) electrons. The lowest BCUT2D eigenvalue weighted by atomic mass is 9.83. The average Bonchev–Trinajstić information content (AvgIpc) is 3.23. The molecule has 0 saturated carbocycles. The van der Waals surface area contributed by atoms with Crippen LogP contribution in [0.2, 0.25) is 0 Å². The Kier molecular flexibility index (Phi) is 10.9. The van der Waals surface area contributed by atoms with E-state index in [1.54, 1.807) is 0 Å². The highest BCUT2D eigenvalue weighted by molar-refractivity contribution is 6.24. The van der Waals surface area contributed by atoms with Crippen LogP contribution in [0.3, 0.4) is 0 Å². The van der Waals surface area contributed by atoms with Gasteiger partial charge in [-0.25, -0.2) is 0 Å². The van der Waals surface area contributed by atoms with Crippen molar-refractivity contribution in [2.45, 2.75) is 33.5 Å². The lowest BCUT2D eigenvalue weighted by molar-refractivity contribution is -0.174. The maximum absolute atomic E-state index is 5.88. The molecule has 0 aliphatic carbocycles. The fraction of sp³-hybridized carbons (Fsp3) is 0.294. The van der Waals surface area contributed by atoms with Crippen LogP contribution in [-0.2, 0) is 41.6 Å². The predicted molar refractivity (Wildman–Crippen MR) is 229 cm³/mol. The maximum atomic E-state index is 5.88. The Morgan fingerprint density at radius 2 is 0.912 bits per heavy atom. The second-order valence-electron chi connectivity index (χ2n) is 16.2. The minimum absolute atomic E-state index is 0.118. The summed E-state index contributed by atoms with van der Waals surface area (Å²) in [7, 11) is 0. The van der Waals surface area contributed by atoms with Gasteiger partial charge in [-0.15, -0.1) is 0 Å². The summed E-state index contributed by atoms with van der Waals surface area (Å²) in [5.41, 5.74) is 9.81. The van der Waals surface area contributed by atoms with Crippen molar-refractivity contribution in [3.8, 4) is 33.4 Å². The summed E-state index contributed by atoms with van der Waals surface area (Å²) in [6.07, 6.45) is 1.06. The van der Waals surface area contributed by atoms with Crippen molar-refractivity contribution in [2.24, 2.45) is 10.8 Å². The Morgan fingerprint density at radius 3 is 1.40 bits per heavy atom. The second-order valence-corrected chi connectivity index (χ2v) is 16.2. The van der Waals surface area contributed by atoms with Gasteiger partial charge in [0.1, 0.15) is 13.6 Å². The van der Waals surface area contributed by atoms with Gasteiger partial charge in [0, 0.05) is 10.8 Å². The fourth-order valence-corrected chi connectivity index (χ4v) is 8.34. The normalized spacial score (nSPS) is 15.8. The van der Waals surface area contributed by atoms with E-state index in [9.17, 15) is 0 Å². The molecular weight excluding hydrogens is 709 g/mol. The molecule has 0 N–H and O–H groups in total. The zero-order valence-electron chi connectivity index (χ0n) is 32.9. The van der Waals surface area contributed by atoms with Gasteiger partial charge in [0.2, 0.25) is 0 Å². The fourth-order valence-electron chi connectivity index (χ4n) is 8.34. The number of benzene rings is 7. The maximum Gasteiger partial charge on any atom is 0.147 e. The number of hydrogen-bond acceptors (Lipinski definition) is 6. The highest BCUT2D eigenvalue weighted by Gasteiger charge is 2.37. The van der Waals surface area contributed by atoms with E-state index < -0.39 is 0 Å². The standard InChI is InChI=1S/C51H50O6/c1-3-51(31-55-32-51)33-57-35-53-26-36-16-20-38(21-17-36)40-24-25-47(42-11-5-4-10-41(40)42)49-45-14-8-6-12-43(45)48(44-13-7-9-15-46(44)49)39-22-18-37(19-23-39)27-52-34-56-30-50(2)28-54-29-50/h4-25H,3,26-35H2,1-2H3. The van der Waals surface area contributed by atoms with Crippen LogP contribution in [0.1, 0.15) is 31.4 Å². The molecule has 0 amide bonds. The van der Waals surface area contributed by atoms with Crippen molar-refractivity contribution >= 4 is 32.3 Å². The minimum Gasteiger partial charge on any atom is -0.380 e. The molecular formula is C51H50O6. The SMILES string of the molecule is CCC1(COCOCc2ccc(-c3ccc(-c4c5ccccc5c(-c5ccc(COCOCC6(C)COC6)cc5)c5ccccc45)c4ccccc34)cc2)COC1. The number of fused-ring (bicyclic) bond motifs is 3. The highest BCUT2D eigenvalue weighted by atomic mass is 16.7. The molecule has 2 saturated heterocycles. The molecule has 2 aliphatic heterocycles. The zero-order valence-corrected chi connectivity index (χ0v) is 32.9. The van der Waals surface area contributed by atoms with Crippen molar-refractivity contribution in [1.82, 2.24) is 0 Å². The van der Waals surface area contributed by atoms with Gasteiger partial charge in [-0.05, 0) is 83.2 Å². The topological polar surface area (TPSA) is 55.4 Å². The van der Waals surface area contributed by atoms with Crippen LogP contribution in [0, 0.1) is 10.8 Å². The molecule has 2 fully saturated rings. The van der Waals surface area contributed by atoms with Gasteiger partial charge in [-0.2, -0.15) is 0 Å². The first-order chi connectivity index (χ1) is 28.0. The second kappa shape index (κ2) is 16.5. The molecule has 0 spiro atoms. The Morgan fingerprint density at radius 1 is 0.456 bits per heavy atom. The molecule has 6 nitrogen and oxygen atoms in total. The summed E-state index contributed by atoms with van der Waals surface area (Å²) in [6.45, 7) is 10.3. The number of hydrogen-bond donors (Lipinski definition) is 0. The number of rotatable bonds is 16. The van der Waals surface area contributed by atoms with E-state index in [1.807, 2.05) is 0 Å². The third kappa shape index (κ3) is 7.74. The number of ether oxygens (including phenoxy) is 6. The van der Waals surface area contributed by atoms with E-state index in [4.69, 9.17) is 28.4 Å². The lowest BCUT2D eigenvalue weighted by Gasteiger charge is -2.40. The van der Waals surface area contributed by atoms with E-state index >= 15 is 0 Å². The van der Waals surface area contributed by atoms with Gasteiger partial charge in [0.05, 0.1) is 52.9 Å². The van der Waals surface area contributed by atoms with E-state index in [0.29, 0.717) is 26.4 Å². The van der Waals surface area contributed by atoms with Crippen LogP contribution in [0.25, 0.3) is 65.7 Å². The molecule has 7 aromatic rings. The highest BCUT2D eigenvalue weighted by Crippen LogP contribution is 2.46. The summed E-state index contributed by atoms with van der Waals surface area (Å²) < 4.78 is 34.1. The molecule has 0 aromatic heterocycles. The van der Waals surface area contributed by atoms with Gasteiger partial charge in [-0.3, -0.25) is 0 Å². The van der Waals surface area contributed by atoms with Gasteiger partial charge in [-0.1, -0.05) is 147 Å². The van der Waals surface area contributed by atoms with Crippen molar-refractivity contribution in [3.63, 3.8) is 0 Å². The van der Waals surface area contributed by atoms with Crippen molar-refractivity contribution < 1.29 is 28.4 Å². The monoisotopic (exact) mass is 758 g/mol. The first kappa shape index (κ1) is 37.6. The summed E-state index contributed by atoms with van der Waals surface area (Å²) in [5.74, 6) is 0. The van der Waals surface area contributed by atoms with E-state index in [2.05, 4.69) is 147 Å². The molecule has 290 valence electrons. The van der Waals surface area contributed by atoms with Crippen LogP contribution in [0.15, 0.2) is 133 Å². The van der Waals surface area contributed by atoms with E-state index in [-0.39, 0.29) is 24.4 Å². The smallest absolute Gasteiger partial charge is 0.147 e. The molecule has 9 rings (SSSR count). The van der Waals surface area contributed by atoms with Crippen LogP contribution in [0.5, 0.6) is 0 Å². The van der Waals surface area contributed by atoms with Crippen molar-refractivity contribution in [1.29, 1.82) is 0 Å². The van der Waals surface area contributed by atoms with Crippen LogP contribution in [-0.4, -0.2) is 53.2 Å². The molecule has 2 heterocycles.